The van der Waals surface area contributed by atoms with Crippen molar-refractivity contribution in [3.63, 3.8) is 0 Å². The second-order valence-corrected chi connectivity index (χ2v) is 5.13. The maximum atomic E-state index is 13.6. The Kier molecular flexibility index (Phi) is 4.25. The summed E-state index contributed by atoms with van der Waals surface area (Å²) in [6, 6.07) is 8.87. The van der Waals surface area contributed by atoms with Gasteiger partial charge in [-0.3, -0.25) is 0 Å². The molecule has 3 N–H and O–H groups in total. The molecule has 0 saturated heterocycles. The molecule has 1 heterocycles. The van der Waals surface area contributed by atoms with E-state index >= 15 is 0 Å². The molecule has 120 valence electrons. The molecule has 0 aliphatic heterocycles. The van der Waals surface area contributed by atoms with Crippen molar-refractivity contribution in [2.75, 3.05) is 6.54 Å². The number of ether oxygens (including phenoxy) is 1. The van der Waals surface area contributed by atoms with Crippen molar-refractivity contribution >= 4 is 10.9 Å². The second-order valence-electron chi connectivity index (χ2n) is 5.13. The molecule has 0 radical (unpaired) electrons. The number of hydrogen-bond donors (Lipinski definition) is 2. The minimum Gasteiger partial charge on any atom is -0.434 e. The minimum atomic E-state index is -2.97. The van der Waals surface area contributed by atoms with Crippen LogP contribution >= 0.6 is 0 Å². The number of alkyl halides is 2. The van der Waals surface area contributed by atoms with Gasteiger partial charge in [-0.2, -0.15) is 8.78 Å². The van der Waals surface area contributed by atoms with Crippen molar-refractivity contribution < 1.29 is 17.9 Å². The third-order valence-electron chi connectivity index (χ3n) is 3.65. The summed E-state index contributed by atoms with van der Waals surface area (Å²) >= 11 is 0. The smallest absolute Gasteiger partial charge is 0.387 e. The van der Waals surface area contributed by atoms with Gasteiger partial charge in [0.25, 0.3) is 0 Å². The molecule has 3 rings (SSSR count). The first-order chi connectivity index (χ1) is 11.1. The molecule has 0 aliphatic rings. The van der Waals surface area contributed by atoms with Crippen LogP contribution in [0.25, 0.3) is 22.0 Å². The molecule has 0 atom stereocenters. The van der Waals surface area contributed by atoms with Crippen LogP contribution in [0.1, 0.15) is 5.56 Å². The van der Waals surface area contributed by atoms with E-state index in [-0.39, 0.29) is 11.3 Å². The maximum Gasteiger partial charge on any atom is 0.387 e. The van der Waals surface area contributed by atoms with Crippen LogP contribution in [0, 0.1) is 5.82 Å². The van der Waals surface area contributed by atoms with E-state index in [1.807, 2.05) is 18.3 Å². The number of H-pyrrole nitrogens is 1. The molecule has 0 unspecified atom stereocenters. The number of benzene rings is 2. The first kappa shape index (κ1) is 15.4. The molecule has 23 heavy (non-hydrogen) atoms. The Morgan fingerprint density at radius 2 is 1.96 bits per heavy atom. The van der Waals surface area contributed by atoms with Crippen LogP contribution in [-0.4, -0.2) is 18.1 Å². The van der Waals surface area contributed by atoms with Crippen molar-refractivity contribution in [2.24, 2.45) is 5.73 Å². The number of hydrogen-bond acceptors (Lipinski definition) is 2. The van der Waals surface area contributed by atoms with Gasteiger partial charge in [0.05, 0.1) is 0 Å². The van der Waals surface area contributed by atoms with Gasteiger partial charge in [-0.05, 0) is 54.4 Å². The molecule has 1 aromatic heterocycles. The topological polar surface area (TPSA) is 51.0 Å². The van der Waals surface area contributed by atoms with Crippen molar-refractivity contribution in [1.82, 2.24) is 4.98 Å². The third-order valence-corrected chi connectivity index (χ3v) is 3.65. The Labute approximate surface area is 130 Å². The summed E-state index contributed by atoms with van der Waals surface area (Å²) in [5.74, 6) is -0.574. The molecular formula is C17H15F3N2O. The summed E-state index contributed by atoms with van der Waals surface area (Å²) in [5.41, 5.74) is 8.41. The fourth-order valence-corrected chi connectivity index (χ4v) is 2.63. The summed E-state index contributed by atoms with van der Waals surface area (Å²) in [6.07, 6.45) is 2.55. The zero-order chi connectivity index (χ0) is 16.4. The van der Waals surface area contributed by atoms with Crippen LogP contribution in [-0.2, 0) is 6.42 Å². The lowest BCUT2D eigenvalue weighted by atomic mass is 10.0. The summed E-state index contributed by atoms with van der Waals surface area (Å²) in [7, 11) is 0. The molecule has 6 heteroatoms. The highest BCUT2D eigenvalue weighted by molar-refractivity contribution is 5.89. The Morgan fingerprint density at radius 3 is 2.70 bits per heavy atom. The van der Waals surface area contributed by atoms with E-state index in [0.717, 1.165) is 22.5 Å². The lowest BCUT2D eigenvalue weighted by Gasteiger charge is -2.11. The van der Waals surface area contributed by atoms with E-state index in [2.05, 4.69) is 9.72 Å². The van der Waals surface area contributed by atoms with E-state index < -0.39 is 12.4 Å². The molecular weight excluding hydrogens is 305 g/mol. The van der Waals surface area contributed by atoms with Crippen molar-refractivity contribution in [3.8, 4) is 16.9 Å². The van der Waals surface area contributed by atoms with E-state index in [9.17, 15) is 13.2 Å². The first-order valence-corrected chi connectivity index (χ1v) is 7.13. The van der Waals surface area contributed by atoms with E-state index in [4.69, 9.17) is 5.73 Å². The first-order valence-electron chi connectivity index (χ1n) is 7.13. The summed E-state index contributed by atoms with van der Waals surface area (Å²) in [6.45, 7) is -2.47. The molecule has 0 fully saturated rings. The predicted molar refractivity (Wildman–Crippen MR) is 83.1 cm³/mol. The maximum absolute atomic E-state index is 13.6. The van der Waals surface area contributed by atoms with Crippen LogP contribution in [0.3, 0.4) is 0 Å². The number of aromatic amines is 1. The molecule has 0 bridgehead atoms. The Morgan fingerprint density at radius 1 is 1.13 bits per heavy atom. The standard InChI is InChI=1S/C17H15F3N2O/c18-12-2-4-16(23-17(19)20)14(8-12)10-1-3-15-13(7-10)11(5-6-21)9-22-15/h1-4,7-9,17,22H,5-6,21H2. The van der Waals surface area contributed by atoms with E-state index in [0.29, 0.717) is 18.5 Å². The highest BCUT2D eigenvalue weighted by Gasteiger charge is 2.14. The van der Waals surface area contributed by atoms with Crippen LogP contribution < -0.4 is 10.5 Å². The van der Waals surface area contributed by atoms with Gasteiger partial charge in [0, 0.05) is 22.7 Å². The number of nitrogens with one attached hydrogen (secondary N) is 1. The van der Waals surface area contributed by atoms with Crippen molar-refractivity contribution in [3.05, 3.63) is 54.0 Å². The summed E-state index contributed by atoms with van der Waals surface area (Å²) in [5, 5.41) is 0.931. The predicted octanol–water partition coefficient (Wildman–Crippen LogP) is 4.08. The highest BCUT2D eigenvalue weighted by atomic mass is 19.3. The molecule has 0 spiro atoms. The Hall–Kier alpha value is -2.47. The van der Waals surface area contributed by atoms with Gasteiger partial charge in [-0.25, -0.2) is 4.39 Å². The molecule has 0 aliphatic carbocycles. The number of rotatable bonds is 5. The lowest BCUT2D eigenvalue weighted by molar-refractivity contribution is -0.0494. The summed E-state index contributed by atoms with van der Waals surface area (Å²) in [4.78, 5) is 3.13. The van der Waals surface area contributed by atoms with Gasteiger partial charge in [-0.15, -0.1) is 0 Å². The van der Waals surface area contributed by atoms with Crippen LogP contribution in [0.4, 0.5) is 13.2 Å². The number of halogens is 3. The summed E-state index contributed by atoms with van der Waals surface area (Å²) < 4.78 is 43.2. The molecule has 2 aromatic carbocycles. The zero-order valence-electron chi connectivity index (χ0n) is 12.2. The van der Waals surface area contributed by atoms with E-state index in [1.165, 1.54) is 12.1 Å². The van der Waals surface area contributed by atoms with Crippen molar-refractivity contribution in [2.45, 2.75) is 13.0 Å². The third kappa shape index (κ3) is 3.17. The fraction of sp³-hybridized carbons (Fsp3) is 0.176. The molecule has 3 nitrogen and oxygen atoms in total. The Balaban J connectivity index is 2.12. The van der Waals surface area contributed by atoms with E-state index in [1.54, 1.807) is 6.07 Å². The van der Waals surface area contributed by atoms with Gasteiger partial charge in [0.2, 0.25) is 0 Å². The van der Waals surface area contributed by atoms with Crippen LogP contribution in [0.2, 0.25) is 0 Å². The molecule has 0 saturated carbocycles. The van der Waals surface area contributed by atoms with Gasteiger partial charge in [0.1, 0.15) is 11.6 Å². The zero-order valence-corrected chi connectivity index (χ0v) is 12.2. The largest absolute Gasteiger partial charge is 0.434 e. The Bertz CT molecular complexity index is 830. The number of nitrogens with two attached hydrogens (primary N) is 1. The highest BCUT2D eigenvalue weighted by Crippen LogP contribution is 2.34. The van der Waals surface area contributed by atoms with Crippen LogP contribution in [0.15, 0.2) is 42.6 Å². The lowest BCUT2D eigenvalue weighted by Crippen LogP contribution is -2.03. The van der Waals surface area contributed by atoms with Gasteiger partial charge in [-0.1, -0.05) is 6.07 Å². The van der Waals surface area contributed by atoms with Gasteiger partial charge >= 0.3 is 6.61 Å². The van der Waals surface area contributed by atoms with Gasteiger partial charge < -0.3 is 15.5 Å². The monoisotopic (exact) mass is 320 g/mol. The average molecular weight is 320 g/mol. The van der Waals surface area contributed by atoms with Crippen molar-refractivity contribution in [1.29, 1.82) is 0 Å². The number of fused-ring (bicyclic) bond motifs is 1. The molecule has 0 amide bonds. The average Bonchev–Trinajstić information content (AvgIpc) is 2.91. The quantitative estimate of drug-likeness (QED) is 0.744. The second kappa shape index (κ2) is 6.34. The number of aromatic nitrogens is 1. The minimum absolute atomic E-state index is 0.0586. The SMILES string of the molecule is NCCc1c[nH]c2ccc(-c3cc(F)ccc3OC(F)F)cc12. The normalized spacial score (nSPS) is 11.3. The van der Waals surface area contributed by atoms with Gasteiger partial charge in [0.15, 0.2) is 0 Å². The van der Waals surface area contributed by atoms with Crippen LogP contribution in [0.5, 0.6) is 5.75 Å². The molecule has 3 aromatic rings. The fourth-order valence-electron chi connectivity index (χ4n) is 2.63.